The third-order valence-electron chi connectivity index (χ3n) is 6.67. The maximum absolute atomic E-state index is 10.9. The number of aliphatic hydroxyl groups excluding tert-OH is 1. The Morgan fingerprint density at radius 1 is 0.636 bits per heavy atom. The van der Waals surface area contributed by atoms with Crippen LogP contribution in [0.1, 0.15) is 28.7 Å². The SMILES string of the molecule is OC1CCN(C(c2ccccc2)(c2ccccc2)c2ccccc2)CC1=Cc1ccccc1. The quantitative estimate of drug-likeness (QED) is 0.384. The maximum atomic E-state index is 10.9. The van der Waals surface area contributed by atoms with Gasteiger partial charge in [0.2, 0.25) is 0 Å². The molecule has 1 aliphatic heterocycles. The zero-order valence-electron chi connectivity index (χ0n) is 18.7. The van der Waals surface area contributed by atoms with Gasteiger partial charge in [-0.15, -0.1) is 0 Å². The summed E-state index contributed by atoms with van der Waals surface area (Å²) in [5, 5.41) is 10.9. The zero-order valence-corrected chi connectivity index (χ0v) is 18.7. The van der Waals surface area contributed by atoms with Gasteiger partial charge in [0.25, 0.3) is 0 Å². The molecule has 1 N–H and O–H groups in total. The van der Waals surface area contributed by atoms with Crippen molar-refractivity contribution in [3.8, 4) is 0 Å². The fraction of sp³-hybridized carbons (Fsp3) is 0.161. The van der Waals surface area contributed by atoms with Crippen molar-refractivity contribution in [3.63, 3.8) is 0 Å². The van der Waals surface area contributed by atoms with Crippen LogP contribution in [0.5, 0.6) is 0 Å². The summed E-state index contributed by atoms with van der Waals surface area (Å²) in [7, 11) is 0. The van der Waals surface area contributed by atoms with E-state index in [4.69, 9.17) is 0 Å². The van der Waals surface area contributed by atoms with E-state index in [-0.39, 0.29) is 0 Å². The molecule has 1 heterocycles. The Kier molecular flexibility index (Phi) is 6.21. The molecule has 4 aromatic carbocycles. The predicted octanol–water partition coefficient (Wildman–Crippen LogP) is 6.13. The molecule has 0 aliphatic carbocycles. The van der Waals surface area contributed by atoms with Crippen molar-refractivity contribution in [2.24, 2.45) is 0 Å². The van der Waals surface area contributed by atoms with E-state index in [1.807, 2.05) is 18.2 Å². The predicted molar refractivity (Wildman–Crippen MR) is 136 cm³/mol. The number of hydrogen-bond donors (Lipinski definition) is 1. The molecule has 0 bridgehead atoms. The van der Waals surface area contributed by atoms with E-state index >= 15 is 0 Å². The number of hydrogen-bond acceptors (Lipinski definition) is 2. The summed E-state index contributed by atoms with van der Waals surface area (Å²) in [6.07, 6.45) is 2.43. The second-order valence-corrected chi connectivity index (χ2v) is 8.66. The molecule has 0 saturated carbocycles. The second kappa shape index (κ2) is 9.58. The number of aliphatic hydroxyl groups is 1. The first-order valence-corrected chi connectivity index (χ1v) is 11.6. The number of piperidine rings is 1. The van der Waals surface area contributed by atoms with Crippen molar-refractivity contribution in [3.05, 3.63) is 149 Å². The van der Waals surface area contributed by atoms with Gasteiger partial charge in [0, 0.05) is 13.1 Å². The molecule has 0 radical (unpaired) electrons. The average molecular weight is 432 g/mol. The van der Waals surface area contributed by atoms with Gasteiger partial charge in [-0.3, -0.25) is 4.90 Å². The van der Waals surface area contributed by atoms with Gasteiger partial charge < -0.3 is 5.11 Å². The van der Waals surface area contributed by atoms with E-state index < -0.39 is 11.6 Å². The third-order valence-corrected chi connectivity index (χ3v) is 6.67. The molecule has 1 fully saturated rings. The van der Waals surface area contributed by atoms with E-state index in [0.717, 1.165) is 17.7 Å². The lowest BCUT2D eigenvalue weighted by Gasteiger charge is -2.48. The van der Waals surface area contributed by atoms with Crippen LogP contribution in [0.2, 0.25) is 0 Å². The summed E-state index contributed by atoms with van der Waals surface area (Å²) in [5.41, 5.74) is 5.42. The van der Waals surface area contributed by atoms with Gasteiger partial charge in [0.15, 0.2) is 0 Å². The summed E-state index contributed by atoms with van der Waals surface area (Å²) in [6.45, 7) is 1.49. The molecule has 1 atom stereocenters. The topological polar surface area (TPSA) is 23.5 Å². The fourth-order valence-corrected chi connectivity index (χ4v) is 5.15. The monoisotopic (exact) mass is 431 g/mol. The highest BCUT2D eigenvalue weighted by molar-refractivity contribution is 5.56. The highest BCUT2D eigenvalue weighted by atomic mass is 16.3. The van der Waals surface area contributed by atoms with Gasteiger partial charge in [0.1, 0.15) is 0 Å². The first-order chi connectivity index (χ1) is 16.3. The molecule has 164 valence electrons. The molecule has 0 spiro atoms. The lowest BCUT2D eigenvalue weighted by Crippen LogP contribution is -2.52. The van der Waals surface area contributed by atoms with Gasteiger partial charge >= 0.3 is 0 Å². The molecule has 2 heteroatoms. The van der Waals surface area contributed by atoms with Gasteiger partial charge in [0.05, 0.1) is 11.6 Å². The van der Waals surface area contributed by atoms with E-state index in [1.165, 1.54) is 16.7 Å². The lowest BCUT2D eigenvalue weighted by atomic mass is 9.74. The van der Waals surface area contributed by atoms with Crippen molar-refractivity contribution in [1.82, 2.24) is 4.90 Å². The Morgan fingerprint density at radius 3 is 1.52 bits per heavy atom. The van der Waals surface area contributed by atoms with Crippen LogP contribution in [0.15, 0.2) is 127 Å². The smallest absolute Gasteiger partial charge is 0.0975 e. The van der Waals surface area contributed by atoms with Crippen LogP contribution in [0.3, 0.4) is 0 Å². The molecule has 1 saturated heterocycles. The Hall–Kier alpha value is -3.46. The fourth-order valence-electron chi connectivity index (χ4n) is 5.15. The highest BCUT2D eigenvalue weighted by Crippen LogP contribution is 2.44. The van der Waals surface area contributed by atoms with Crippen LogP contribution in [0.4, 0.5) is 0 Å². The molecule has 0 amide bonds. The zero-order chi connectivity index (χ0) is 22.5. The summed E-state index contributed by atoms with van der Waals surface area (Å²) < 4.78 is 0. The van der Waals surface area contributed by atoms with Crippen LogP contribution in [0, 0.1) is 0 Å². The summed E-state index contributed by atoms with van der Waals surface area (Å²) in [6, 6.07) is 42.6. The van der Waals surface area contributed by atoms with Crippen molar-refractivity contribution in [1.29, 1.82) is 0 Å². The molecular formula is C31H29NO. The van der Waals surface area contributed by atoms with Crippen molar-refractivity contribution < 1.29 is 5.11 Å². The Balaban J connectivity index is 1.70. The molecular weight excluding hydrogens is 402 g/mol. The maximum Gasteiger partial charge on any atom is 0.0975 e. The van der Waals surface area contributed by atoms with Gasteiger partial charge in [-0.2, -0.15) is 0 Å². The minimum absolute atomic E-state index is 0.429. The highest BCUT2D eigenvalue weighted by Gasteiger charge is 2.44. The summed E-state index contributed by atoms with van der Waals surface area (Å²) in [5.74, 6) is 0. The summed E-state index contributed by atoms with van der Waals surface area (Å²) >= 11 is 0. The van der Waals surface area contributed by atoms with E-state index in [2.05, 4.69) is 114 Å². The first kappa shape index (κ1) is 21.4. The number of nitrogens with zero attached hydrogens (tertiary/aromatic N) is 1. The molecule has 1 aliphatic rings. The van der Waals surface area contributed by atoms with Crippen molar-refractivity contribution in [2.45, 2.75) is 18.1 Å². The average Bonchev–Trinajstić information content (AvgIpc) is 2.89. The number of benzene rings is 4. The first-order valence-electron chi connectivity index (χ1n) is 11.6. The van der Waals surface area contributed by atoms with E-state index in [9.17, 15) is 5.11 Å². The molecule has 33 heavy (non-hydrogen) atoms. The van der Waals surface area contributed by atoms with Crippen molar-refractivity contribution in [2.75, 3.05) is 13.1 Å². The number of likely N-dealkylation sites (tertiary alicyclic amines) is 1. The van der Waals surface area contributed by atoms with E-state index in [1.54, 1.807) is 0 Å². The van der Waals surface area contributed by atoms with Crippen LogP contribution in [0.25, 0.3) is 6.08 Å². The second-order valence-electron chi connectivity index (χ2n) is 8.66. The minimum Gasteiger partial charge on any atom is -0.389 e. The van der Waals surface area contributed by atoms with Crippen LogP contribution < -0.4 is 0 Å². The van der Waals surface area contributed by atoms with Crippen molar-refractivity contribution >= 4 is 6.08 Å². The van der Waals surface area contributed by atoms with Gasteiger partial charge in [-0.25, -0.2) is 0 Å². The Bertz CT molecular complexity index is 1090. The van der Waals surface area contributed by atoms with Crippen LogP contribution in [-0.2, 0) is 5.54 Å². The lowest BCUT2D eigenvalue weighted by molar-refractivity contribution is 0.0872. The molecule has 2 nitrogen and oxygen atoms in total. The van der Waals surface area contributed by atoms with Gasteiger partial charge in [-0.1, -0.05) is 127 Å². The molecule has 5 rings (SSSR count). The van der Waals surface area contributed by atoms with Crippen LogP contribution in [-0.4, -0.2) is 29.2 Å². The molecule has 0 aromatic heterocycles. The summed E-state index contributed by atoms with van der Waals surface area (Å²) in [4.78, 5) is 2.54. The Morgan fingerprint density at radius 2 is 1.06 bits per heavy atom. The van der Waals surface area contributed by atoms with Crippen LogP contribution >= 0.6 is 0 Å². The third kappa shape index (κ3) is 4.16. The number of rotatable bonds is 5. The normalized spacial score (nSPS) is 18.3. The standard InChI is InChI=1S/C31H29NO/c33-30-21-22-32(24-26(30)23-25-13-5-1-6-14-25)31(27-15-7-2-8-16-27,28-17-9-3-10-18-28)29-19-11-4-12-20-29/h1-20,23,30,33H,21-22,24H2. The Labute approximate surface area is 196 Å². The van der Waals surface area contributed by atoms with Gasteiger partial charge in [-0.05, 0) is 34.2 Å². The van der Waals surface area contributed by atoms with E-state index in [0.29, 0.717) is 13.0 Å². The molecule has 1 unspecified atom stereocenters. The largest absolute Gasteiger partial charge is 0.389 e. The molecule has 4 aromatic rings. The minimum atomic E-state index is -0.459.